The molecule has 2 aliphatic rings. The summed E-state index contributed by atoms with van der Waals surface area (Å²) in [5.41, 5.74) is 0.913. The SMILES string of the molecule is CN1CCC[C@H]1C(=O)N1CCN(OC(=O)OCc2ccccc2)CC1. The smallest absolute Gasteiger partial charge is 0.428 e. The van der Waals surface area contributed by atoms with Gasteiger partial charge in [-0.3, -0.25) is 9.69 Å². The van der Waals surface area contributed by atoms with Crippen molar-refractivity contribution in [2.45, 2.75) is 25.5 Å². The number of ether oxygens (including phenoxy) is 1. The number of likely N-dealkylation sites (tertiary alicyclic amines) is 1. The summed E-state index contributed by atoms with van der Waals surface area (Å²) in [6.07, 6.45) is 1.29. The highest BCUT2D eigenvalue weighted by molar-refractivity contribution is 5.82. The molecular weight excluding hydrogens is 322 g/mol. The van der Waals surface area contributed by atoms with Crippen molar-refractivity contribution in [3.8, 4) is 0 Å². The zero-order valence-corrected chi connectivity index (χ0v) is 14.6. The van der Waals surface area contributed by atoms with Crippen molar-refractivity contribution in [2.24, 2.45) is 0 Å². The molecule has 3 rings (SSSR count). The minimum atomic E-state index is -0.709. The third kappa shape index (κ3) is 4.70. The van der Waals surface area contributed by atoms with Crippen molar-refractivity contribution in [1.82, 2.24) is 14.9 Å². The Morgan fingerprint density at radius 3 is 2.44 bits per heavy atom. The second-order valence-electron chi connectivity index (χ2n) is 6.51. The first-order valence-corrected chi connectivity index (χ1v) is 8.76. The van der Waals surface area contributed by atoms with E-state index in [2.05, 4.69) is 4.90 Å². The van der Waals surface area contributed by atoms with Gasteiger partial charge in [-0.15, -0.1) is 5.06 Å². The summed E-state index contributed by atoms with van der Waals surface area (Å²) < 4.78 is 5.11. The van der Waals surface area contributed by atoms with E-state index in [1.165, 1.54) is 0 Å². The van der Waals surface area contributed by atoms with Crippen molar-refractivity contribution < 1.29 is 19.2 Å². The maximum absolute atomic E-state index is 12.5. The van der Waals surface area contributed by atoms with Crippen molar-refractivity contribution >= 4 is 12.1 Å². The number of carbonyl (C=O) groups excluding carboxylic acids is 2. The lowest BCUT2D eigenvalue weighted by atomic mass is 10.2. The first-order valence-electron chi connectivity index (χ1n) is 8.76. The Morgan fingerprint density at radius 2 is 1.80 bits per heavy atom. The normalized spacial score (nSPS) is 22.0. The fourth-order valence-corrected chi connectivity index (χ4v) is 3.28. The van der Waals surface area contributed by atoms with E-state index in [1.807, 2.05) is 42.3 Å². The lowest BCUT2D eigenvalue weighted by Gasteiger charge is -2.35. The quantitative estimate of drug-likeness (QED) is 0.769. The number of likely N-dealkylation sites (N-methyl/N-ethyl adjacent to an activating group) is 1. The standard InChI is InChI=1S/C18H25N3O4/c1-19-9-5-8-16(19)17(22)20-10-12-21(13-11-20)25-18(23)24-14-15-6-3-2-4-7-15/h2-4,6-7,16H,5,8-14H2,1H3/t16-/m0/s1. The Hall–Kier alpha value is -2.12. The Bertz CT molecular complexity index is 587. The summed E-state index contributed by atoms with van der Waals surface area (Å²) in [5.74, 6) is 0.186. The van der Waals surface area contributed by atoms with E-state index in [-0.39, 0.29) is 18.6 Å². The summed E-state index contributed by atoms with van der Waals surface area (Å²) in [7, 11) is 2.00. The molecule has 2 fully saturated rings. The van der Waals surface area contributed by atoms with E-state index < -0.39 is 6.16 Å². The Morgan fingerprint density at radius 1 is 1.08 bits per heavy atom. The monoisotopic (exact) mass is 347 g/mol. The van der Waals surface area contributed by atoms with Gasteiger partial charge in [-0.25, -0.2) is 4.79 Å². The molecule has 7 heteroatoms. The van der Waals surface area contributed by atoms with Crippen molar-refractivity contribution in [2.75, 3.05) is 39.8 Å². The minimum Gasteiger partial charge on any atom is -0.428 e. The second kappa shape index (κ2) is 8.31. The zero-order chi connectivity index (χ0) is 17.6. The van der Waals surface area contributed by atoms with Gasteiger partial charge in [0.2, 0.25) is 5.91 Å². The molecule has 0 spiro atoms. The van der Waals surface area contributed by atoms with Crippen LogP contribution in [0.25, 0.3) is 0 Å². The molecule has 0 aliphatic carbocycles. The van der Waals surface area contributed by atoms with E-state index in [4.69, 9.17) is 9.57 Å². The van der Waals surface area contributed by atoms with Gasteiger partial charge < -0.3 is 14.5 Å². The zero-order valence-electron chi connectivity index (χ0n) is 14.6. The summed E-state index contributed by atoms with van der Waals surface area (Å²) in [4.78, 5) is 33.5. The van der Waals surface area contributed by atoms with Gasteiger partial charge in [0.25, 0.3) is 0 Å². The number of carbonyl (C=O) groups is 2. The molecule has 25 heavy (non-hydrogen) atoms. The first kappa shape index (κ1) is 17.7. The molecule has 1 amide bonds. The molecule has 1 atom stereocenters. The van der Waals surface area contributed by atoms with Crippen LogP contribution in [0.2, 0.25) is 0 Å². The maximum atomic E-state index is 12.5. The lowest BCUT2D eigenvalue weighted by molar-refractivity contribution is -0.159. The molecule has 1 aromatic rings. The van der Waals surface area contributed by atoms with Crippen molar-refractivity contribution in [3.63, 3.8) is 0 Å². The number of hydrogen-bond acceptors (Lipinski definition) is 6. The number of piperazine rings is 1. The predicted octanol–water partition coefficient (Wildman–Crippen LogP) is 1.49. The number of rotatable bonds is 4. The number of hydroxylamine groups is 2. The van der Waals surface area contributed by atoms with Crippen LogP contribution < -0.4 is 0 Å². The van der Waals surface area contributed by atoms with Crippen LogP contribution in [0.4, 0.5) is 4.79 Å². The van der Waals surface area contributed by atoms with E-state index in [0.29, 0.717) is 26.2 Å². The second-order valence-corrected chi connectivity index (χ2v) is 6.51. The number of nitrogens with zero attached hydrogens (tertiary/aromatic N) is 3. The highest BCUT2D eigenvalue weighted by atomic mass is 16.8. The van der Waals surface area contributed by atoms with Gasteiger partial charge in [-0.2, -0.15) is 0 Å². The Kier molecular flexibility index (Phi) is 5.88. The maximum Gasteiger partial charge on any atom is 0.528 e. The van der Waals surface area contributed by atoms with Crippen LogP contribution in [0.1, 0.15) is 18.4 Å². The number of benzene rings is 1. The molecule has 136 valence electrons. The molecule has 2 saturated heterocycles. The molecule has 0 aromatic heterocycles. The van der Waals surface area contributed by atoms with E-state index in [0.717, 1.165) is 24.9 Å². The van der Waals surface area contributed by atoms with E-state index in [9.17, 15) is 9.59 Å². The fourth-order valence-electron chi connectivity index (χ4n) is 3.28. The molecule has 1 aromatic carbocycles. The van der Waals surface area contributed by atoms with Crippen molar-refractivity contribution in [3.05, 3.63) is 35.9 Å². The third-order valence-corrected chi connectivity index (χ3v) is 4.76. The van der Waals surface area contributed by atoms with Gasteiger partial charge in [-0.05, 0) is 32.0 Å². The van der Waals surface area contributed by atoms with E-state index >= 15 is 0 Å². The largest absolute Gasteiger partial charge is 0.528 e. The van der Waals surface area contributed by atoms with Crippen LogP contribution in [0.5, 0.6) is 0 Å². The summed E-state index contributed by atoms with van der Waals surface area (Å²) >= 11 is 0. The number of amides is 1. The molecule has 7 nitrogen and oxygen atoms in total. The molecule has 0 radical (unpaired) electrons. The van der Waals surface area contributed by atoms with Crippen LogP contribution in [-0.4, -0.2) is 72.7 Å². The van der Waals surface area contributed by atoms with Gasteiger partial charge in [0, 0.05) is 13.1 Å². The summed E-state index contributed by atoms with van der Waals surface area (Å²) in [6, 6.07) is 9.47. The van der Waals surface area contributed by atoms with Gasteiger partial charge in [-0.1, -0.05) is 30.3 Å². The third-order valence-electron chi connectivity index (χ3n) is 4.76. The molecule has 0 N–H and O–H groups in total. The molecule has 2 aliphatic heterocycles. The van der Waals surface area contributed by atoms with E-state index in [1.54, 1.807) is 5.06 Å². The van der Waals surface area contributed by atoms with Crippen LogP contribution in [0.15, 0.2) is 30.3 Å². The minimum absolute atomic E-state index is 0.00306. The van der Waals surface area contributed by atoms with Crippen LogP contribution >= 0.6 is 0 Å². The van der Waals surface area contributed by atoms with Crippen LogP contribution in [-0.2, 0) is 21.0 Å². The Balaban J connectivity index is 1.38. The van der Waals surface area contributed by atoms with Crippen molar-refractivity contribution in [1.29, 1.82) is 0 Å². The molecule has 2 heterocycles. The number of hydrogen-bond donors (Lipinski definition) is 0. The molecule has 0 unspecified atom stereocenters. The van der Waals surface area contributed by atoms with Gasteiger partial charge in [0.05, 0.1) is 19.1 Å². The fraction of sp³-hybridized carbons (Fsp3) is 0.556. The lowest BCUT2D eigenvalue weighted by Crippen LogP contribution is -2.53. The first-order chi connectivity index (χ1) is 12.1. The Labute approximate surface area is 148 Å². The van der Waals surface area contributed by atoms with Gasteiger partial charge >= 0.3 is 6.16 Å². The summed E-state index contributed by atoms with van der Waals surface area (Å²) in [5, 5.41) is 1.56. The van der Waals surface area contributed by atoms with Gasteiger partial charge in [0.15, 0.2) is 0 Å². The summed E-state index contributed by atoms with van der Waals surface area (Å²) in [6.45, 7) is 3.30. The van der Waals surface area contributed by atoms with Crippen LogP contribution in [0, 0.1) is 0 Å². The molecule has 0 saturated carbocycles. The average Bonchev–Trinajstić information content (AvgIpc) is 3.07. The van der Waals surface area contributed by atoms with Gasteiger partial charge in [0.1, 0.15) is 6.61 Å². The topological polar surface area (TPSA) is 62.3 Å². The van der Waals surface area contributed by atoms with Crippen LogP contribution in [0.3, 0.4) is 0 Å². The highest BCUT2D eigenvalue weighted by Gasteiger charge is 2.33. The average molecular weight is 347 g/mol. The molecule has 0 bridgehead atoms. The molecular formula is C18H25N3O4. The highest BCUT2D eigenvalue weighted by Crippen LogP contribution is 2.18. The predicted molar refractivity (Wildman–Crippen MR) is 91.5 cm³/mol.